The summed E-state index contributed by atoms with van der Waals surface area (Å²) in [6.07, 6.45) is 7.46. The molecule has 0 bridgehead atoms. The summed E-state index contributed by atoms with van der Waals surface area (Å²) in [6, 6.07) is 8.42. The van der Waals surface area contributed by atoms with Crippen molar-refractivity contribution in [3.63, 3.8) is 0 Å². The third-order valence-electron chi connectivity index (χ3n) is 2.31. The molecule has 1 aromatic rings. The number of fused-ring (bicyclic) bond motifs is 1. The Morgan fingerprint density at radius 3 is 3.00 bits per heavy atom. The van der Waals surface area contributed by atoms with Gasteiger partial charge in [-0.3, -0.25) is 0 Å². The summed E-state index contributed by atoms with van der Waals surface area (Å²) in [4.78, 5) is 0. The van der Waals surface area contributed by atoms with Crippen LogP contribution in [0.25, 0.3) is 11.6 Å². The lowest BCUT2D eigenvalue weighted by Crippen LogP contribution is -1.98. The zero-order valence-corrected chi connectivity index (χ0v) is 7.53. The first-order valence-corrected chi connectivity index (χ1v) is 4.57. The molecular formula is C12H13N. The molecule has 0 saturated carbocycles. The van der Waals surface area contributed by atoms with Crippen molar-refractivity contribution in [2.75, 3.05) is 6.54 Å². The first kappa shape index (κ1) is 8.27. The number of allylic oxidation sites excluding steroid dienone is 2. The molecule has 0 fully saturated rings. The number of benzene rings is 1. The topological polar surface area (TPSA) is 26.0 Å². The van der Waals surface area contributed by atoms with Gasteiger partial charge in [0.05, 0.1) is 0 Å². The molecule has 0 heterocycles. The van der Waals surface area contributed by atoms with Crippen molar-refractivity contribution in [1.29, 1.82) is 0 Å². The molecule has 1 aliphatic rings. The smallest absolute Gasteiger partial charge is 0.0112 e. The van der Waals surface area contributed by atoms with Gasteiger partial charge in [0.1, 0.15) is 0 Å². The zero-order valence-electron chi connectivity index (χ0n) is 7.53. The van der Waals surface area contributed by atoms with Crippen molar-refractivity contribution in [3.8, 4) is 0 Å². The minimum Gasteiger partial charge on any atom is -0.327 e. The van der Waals surface area contributed by atoms with Crippen LogP contribution in [0.15, 0.2) is 36.4 Å². The molecule has 0 saturated heterocycles. The second-order valence-corrected chi connectivity index (χ2v) is 3.16. The summed E-state index contributed by atoms with van der Waals surface area (Å²) in [6.45, 7) is 0.623. The van der Waals surface area contributed by atoms with E-state index in [0.29, 0.717) is 6.54 Å². The normalized spacial score (nSPS) is 17.5. The molecule has 1 aromatic carbocycles. The molecule has 0 atom stereocenters. The Hall–Kier alpha value is -1.34. The minimum atomic E-state index is 0.623. The van der Waals surface area contributed by atoms with E-state index < -0.39 is 0 Å². The average Bonchev–Trinajstić information content (AvgIpc) is 2.19. The van der Waals surface area contributed by atoms with E-state index in [4.69, 9.17) is 5.73 Å². The van der Waals surface area contributed by atoms with Gasteiger partial charge < -0.3 is 5.73 Å². The molecule has 2 N–H and O–H groups in total. The van der Waals surface area contributed by atoms with E-state index in [1.807, 2.05) is 0 Å². The molecule has 1 nitrogen and oxygen atoms in total. The van der Waals surface area contributed by atoms with Gasteiger partial charge >= 0.3 is 0 Å². The number of hydrogen-bond donors (Lipinski definition) is 1. The van der Waals surface area contributed by atoms with Gasteiger partial charge in [-0.05, 0) is 23.1 Å². The number of rotatable bonds is 1. The van der Waals surface area contributed by atoms with Crippen molar-refractivity contribution in [2.45, 2.75) is 6.42 Å². The molecule has 0 radical (unpaired) electrons. The van der Waals surface area contributed by atoms with E-state index in [2.05, 4.69) is 42.5 Å². The summed E-state index contributed by atoms with van der Waals surface area (Å²) in [7, 11) is 0. The predicted octanol–water partition coefficient (Wildman–Crippen LogP) is 2.45. The fourth-order valence-electron chi connectivity index (χ4n) is 1.69. The minimum absolute atomic E-state index is 0.623. The Balaban J connectivity index is 2.49. The Labute approximate surface area is 78.6 Å². The van der Waals surface area contributed by atoms with Crippen LogP contribution in [0.3, 0.4) is 0 Å². The fourth-order valence-corrected chi connectivity index (χ4v) is 1.69. The van der Waals surface area contributed by atoms with Crippen molar-refractivity contribution >= 4 is 11.6 Å². The summed E-state index contributed by atoms with van der Waals surface area (Å²) in [5, 5.41) is 0. The standard InChI is InChI=1S/C12H13N/c13-9-8-11-6-3-5-10-4-1-2-7-12(10)11/h1-5,7-8H,6,9,13H2. The third kappa shape index (κ3) is 1.56. The first-order chi connectivity index (χ1) is 6.42. The Kier molecular flexibility index (Phi) is 2.28. The molecule has 66 valence electrons. The van der Waals surface area contributed by atoms with Gasteiger partial charge in [-0.2, -0.15) is 0 Å². The van der Waals surface area contributed by atoms with E-state index in [1.54, 1.807) is 0 Å². The first-order valence-electron chi connectivity index (χ1n) is 4.57. The molecule has 0 spiro atoms. The van der Waals surface area contributed by atoms with E-state index in [1.165, 1.54) is 16.7 Å². The van der Waals surface area contributed by atoms with Crippen LogP contribution in [0.4, 0.5) is 0 Å². The molecule has 2 rings (SSSR count). The third-order valence-corrected chi connectivity index (χ3v) is 2.31. The van der Waals surface area contributed by atoms with Crippen LogP contribution >= 0.6 is 0 Å². The van der Waals surface area contributed by atoms with E-state index in [0.717, 1.165) is 6.42 Å². The van der Waals surface area contributed by atoms with Gasteiger partial charge in [-0.1, -0.05) is 42.5 Å². The van der Waals surface area contributed by atoms with Crippen LogP contribution in [0.2, 0.25) is 0 Å². The number of nitrogens with two attached hydrogens (primary N) is 1. The maximum absolute atomic E-state index is 5.52. The highest BCUT2D eigenvalue weighted by Gasteiger charge is 2.07. The van der Waals surface area contributed by atoms with Crippen molar-refractivity contribution in [2.24, 2.45) is 5.73 Å². The fraction of sp³-hybridized carbons (Fsp3) is 0.167. The summed E-state index contributed by atoms with van der Waals surface area (Å²) in [5.41, 5.74) is 9.49. The van der Waals surface area contributed by atoms with Crippen LogP contribution in [0, 0.1) is 0 Å². The Morgan fingerprint density at radius 1 is 1.31 bits per heavy atom. The molecule has 1 aliphatic carbocycles. The van der Waals surface area contributed by atoms with E-state index in [-0.39, 0.29) is 0 Å². The van der Waals surface area contributed by atoms with Gasteiger partial charge in [0.25, 0.3) is 0 Å². The predicted molar refractivity (Wildman–Crippen MR) is 57.1 cm³/mol. The van der Waals surface area contributed by atoms with Crippen molar-refractivity contribution < 1.29 is 0 Å². The van der Waals surface area contributed by atoms with Crippen LogP contribution in [0.1, 0.15) is 17.5 Å². The quantitative estimate of drug-likeness (QED) is 0.690. The van der Waals surface area contributed by atoms with E-state index in [9.17, 15) is 0 Å². The molecule has 13 heavy (non-hydrogen) atoms. The van der Waals surface area contributed by atoms with Crippen molar-refractivity contribution in [1.82, 2.24) is 0 Å². The van der Waals surface area contributed by atoms with Gasteiger partial charge in [-0.15, -0.1) is 0 Å². The lowest BCUT2D eigenvalue weighted by molar-refractivity contribution is 1.23. The van der Waals surface area contributed by atoms with Gasteiger partial charge in [0, 0.05) is 6.54 Å². The molecular weight excluding hydrogens is 158 g/mol. The monoisotopic (exact) mass is 171 g/mol. The molecule has 1 heteroatoms. The SMILES string of the molecule is NCC=C1CC=Cc2ccccc21. The average molecular weight is 171 g/mol. The Morgan fingerprint density at radius 2 is 2.15 bits per heavy atom. The van der Waals surface area contributed by atoms with E-state index >= 15 is 0 Å². The maximum atomic E-state index is 5.52. The highest BCUT2D eigenvalue weighted by molar-refractivity contribution is 5.79. The van der Waals surface area contributed by atoms with Crippen LogP contribution in [0.5, 0.6) is 0 Å². The van der Waals surface area contributed by atoms with Gasteiger partial charge in [0.15, 0.2) is 0 Å². The summed E-state index contributed by atoms with van der Waals surface area (Å²) < 4.78 is 0. The summed E-state index contributed by atoms with van der Waals surface area (Å²) >= 11 is 0. The molecule has 0 unspecified atom stereocenters. The van der Waals surface area contributed by atoms with Crippen LogP contribution < -0.4 is 5.73 Å². The van der Waals surface area contributed by atoms with Crippen molar-refractivity contribution in [3.05, 3.63) is 47.5 Å². The van der Waals surface area contributed by atoms with Gasteiger partial charge in [-0.25, -0.2) is 0 Å². The van der Waals surface area contributed by atoms with Gasteiger partial charge in [0.2, 0.25) is 0 Å². The lowest BCUT2D eigenvalue weighted by Gasteiger charge is -2.13. The van der Waals surface area contributed by atoms with Crippen LogP contribution in [-0.2, 0) is 0 Å². The highest BCUT2D eigenvalue weighted by Crippen LogP contribution is 2.27. The second-order valence-electron chi connectivity index (χ2n) is 3.16. The lowest BCUT2D eigenvalue weighted by atomic mass is 9.92. The molecule has 0 aliphatic heterocycles. The van der Waals surface area contributed by atoms with Crippen LogP contribution in [-0.4, -0.2) is 6.54 Å². The largest absolute Gasteiger partial charge is 0.327 e. The molecule has 0 amide bonds. The second kappa shape index (κ2) is 3.58. The zero-order chi connectivity index (χ0) is 9.10. The number of hydrogen-bond acceptors (Lipinski definition) is 1. The molecule has 0 aromatic heterocycles. The Bertz CT molecular complexity index is 361. The highest BCUT2D eigenvalue weighted by atomic mass is 14.5. The maximum Gasteiger partial charge on any atom is 0.0112 e. The summed E-state index contributed by atoms with van der Waals surface area (Å²) in [5.74, 6) is 0.